The number of hydrogen-bond acceptors (Lipinski definition) is 4. The zero-order valence-electron chi connectivity index (χ0n) is 11.2. The lowest BCUT2D eigenvalue weighted by Crippen LogP contribution is -2.17. The molecule has 2 aromatic carbocycles. The minimum absolute atomic E-state index is 0.0253. The molecular weight excluding hydrogens is 349 g/mol. The van der Waals surface area contributed by atoms with Crippen LogP contribution in [0, 0.1) is 0 Å². The van der Waals surface area contributed by atoms with Crippen molar-refractivity contribution in [1.82, 2.24) is 0 Å². The number of fused-ring (bicyclic) bond motifs is 1. The molecule has 0 atom stereocenters. The van der Waals surface area contributed by atoms with Crippen molar-refractivity contribution in [3.05, 3.63) is 46.4 Å². The maximum atomic E-state index is 12.4. The molecule has 1 aliphatic rings. The van der Waals surface area contributed by atoms with Crippen LogP contribution in [0.2, 0.25) is 10.0 Å². The molecule has 116 valence electrons. The van der Waals surface area contributed by atoms with Gasteiger partial charge in [0.15, 0.2) is 11.5 Å². The Bertz CT molecular complexity index is 824. The van der Waals surface area contributed by atoms with E-state index >= 15 is 0 Å². The number of sulfonamides is 1. The summed E-state index contributed by atoms with van der Waals surface area (Å²) in [5, 5.41) is 0.337. The fraction of sp³-hybridized carbons (Fsp3) is 0.143. The molecule has 1 N–H and O–H groups in total. The normalized spacial score (nSPS) is 13.7. The Morgan fingerprint density at radius 3 is 2.27 bits per heavy atom. The van der Waals surface area contributed by atoms with Gasteiger partial charge in [0.25, 0.3) is 10.0 Å². The van der Waals surface area contributed by atoms with Crippen molar-refractivity contribution < 1.29 is 17.9 Å². The predicted molar refractivity (Wildman–Crippen MR) is 84.7 cm³/mol. The average Bonchev–Trinajstić information content (AvgIpc) is 2.48. The summed E-state index contributed by atoms with van der Waals surface area (Å²) >= 11 is 12.0. The summed E-state index contributed by atoms with van der Waals surface area (Å²) in [6.45, 7) is 0.819. The van der Waals surface area contributed by atoms with Gasteiger partial charge in [-0.25, -0.2) is 8.42 Å². The van der Waals surface area contributed by atoms with E-state index in [1.807, 2.05) is 0 Å². The largest absolute Gasteiger partial charge is 0.486 e. The first-order valence-electron chi connectivity index (χ1n) is 6.34. The van der Waals surface area contributed by atoms with Crippen molar-refractivity contribution in [1.29, 1.82) is 0 Å². The van der Waals surface area contributed by atoms with Crippen LogP contribution in [0.3, 0.4) is 0 Å². The molecule has 1 heterocycles. The molecule has 0 aliphatic carbocycles. The van der Waals surface area contributed by atoms with Gasteiger partial charge in [-0.3, -0.25) is 4.72 Å². The highest BCUT2D eigenvalue weighted by molar-refractivity contribution is 7.92. The van der Waals surface area contributed by atoms with Crippen molar-refractivity contribution in [2.45, 2.75) is 4.90 Å². The number of halogens is 2. The predicted octanol–water partition coefficient (Wildman–Crippen LogP) is 3.57. The highest BCUT2D eigenvalue weighted by atomic mass is 35.5. The summed E-state index contributed by atoms with van der Waals surface area (Å²) < 4.78 is 38.1. The van der Waals surface area contributed by atoms with E-state index in [0.717, 1.165) is 0 Å². The van der Waals surface area contributed by atoms with E-state index < -0.39 is 10.0 Å². The summed E-state index contributed by atoms with van der Waals surface area (Å²) in [6, 6.07) is 9.16. The number of hydrogen-bond donors (Lipinski definition) is 1. The topological polar surface area (TPSA) is 64.6 Å². The number of anilines is 1. The highest BCUT2D eigenvalue weighted by Crippen LogP contribution is 2.39. The van der Waals surface area contributed by atoms with Crippen LogP contribution in [0.25, 0.3) is 0 Å². The van der Waals surface area contributed by atoms with Gasteiger partial charge >= 0.3 is 0 Å². The van der Waals surface area contributed by atoms with E-state index in [0.29, 0.717) is 24.7 Å². The van der Waals surface area contributed by atoms with Crippen LogP contribution in [-0.2, 0) is 10.0 Å². The van der Waals surface area contributed by atoms with Crippen LogP contribution in [0.15, 0.2) is 41.3 Å². The lowest BCUT2D eigenvalue weighted by molar-refractivity contribution is 0.171. The smallest absolute Gasteiger partial charge is 0.263 e. The van der Waals surface area contributed by atoms with Crippen molar-refractivity contribution in [2.24, 2.45) is 0 Å². The van der Waals surface area contributed by atoms with Crippen LogP contribution >= 0.6 is 23.2 Å². The molecule has 0 aromatic heterocycles. The third-order valence-electron chi connectivity index (χ3n) is 3.00. The number of nitrogens with one attached hydrogen (secondary N) is 1. The van der Waals surface area contributed by atoms with E-state index in [4.69, 9.17) is 32.7 Å². The molecule has 0 spiro atoms. The first kappa shape index (κ1) is 15.3. The Morgan fingerprint density at radius 2 is 1.59 bits per heavy atom. The molecule has 0 amide bonds. The van der Waals surface area contributed by atoms with E-state index in [2.05, 4.69) is 4.72 Å². The third kappa shape index (κ3) is 2.95. The van der Waals surface area contributed by atoms with Crippen molar-refractivity contribution in [3.8, 4) is 11.5 Å². The molecule has 0 bridgehead atoms. The Hall–Kier alpha value is -1.63. The molecule has 5 nitrogen and oxygen atoms in total. The van der Waals surface area contributed by atoms with Gasteiger partial charge in [0.1, 0.15) is 18.1 Å². The van der Waals surface area contributed by atoms with Crippen molar-refractivity contribution >= 4 is 38.9 Å². The molecule has 0 saturated heterocycles. The van der Waals surface area contributed by atoms with E-state index in [1.54, 1.807) is 12.1 Å². The Kier molecular flexibility index (Phi) is 4.08. The maximum absolute atomic E-state index is 12.4. The zero-order chi connectivity index (χ0) is 15.7. The van der Waals surface area contributed by atoms with Crippen molar-refractivity contribution in [2.75, 3.05) is 17.9 Å². The second-order valence-corrected chi connectivity index (χ2v) is 6.98. The van der Waals surface area contributed by atoms with Crippen LogP contribution in [0.1, 0.15) is 0 Å². The lowest BCUT2D eigenvalue weighted by Gasteiger charge is -2.20. The summed E-state index contributed by atoms with van der Waals surface area (Å²) in [6.07, 6.45) is 0. The molecule has 1 aliphatic heterocycles. The van der Waals surface area contributed by atoms with Gasteiger partial charge < -0.3 is 9.47 Å². The molecule has 0 radical (unpaired) electrons. The van der Waals surface area contributed by atoms with E-state index in [-0.39, 0.29) is 20.6 Å². The fourth-order valence-electron chi connectivity index (χ4n) is 2.00. The summed E-state index contributed by atoms with van der Waals surface area (Å²) in [5.41, 5.74) is 0.200. The van der Waals surface area contributed by atoms with Gasteiger partial charge in [0.2, 0.25) is 0 Å². The molecule has 22 heavy (non-hydrogen) atoms. The standard InChI is InChI=1S/C14H11Cl2NO4S/c15-9-3-1-2-4-14(9)22(18,19)17-11-8-13-12(7-10(11)16)20-5-6-21-13/h1-4,7-8,17H,5-6H2. The second-order valence-electron chi connectivity index (χ2n) is 4.51. The van der Waals surface area contributed by atoms with Crippen LogP contribution < -0.4 is 14.2 Å². The fourth-order valence-corrected chi connectivity index (χ4v) is 3.85. The maximum Gasteiger partial charge on any atom is 0.263 e. The van der Waals surface area contributed by atoms with Crippen LogP contribution in [0.4, 0.5) is 5.69 Å². The second kappa shape index (κ2) is 5.87. The number of ether oxygens (including phenoxy) is 2. The van der Waals surface area contributed by atoms with Gasteiger partial charge in [0.05, 0.1) is 15.7 Å². The summed E-state index contributed by atoms with van der Waals surface area (Å²) in [4.78, 5) is -0.0253. The lowest BCUT2D eigenvalue weighted by atomic mass is 10.2. The Balaban J connectivity index is 1.98. The van der Waals surface area contributed by atoms with Gasteiger partial charge in [-0.1, -0.05) is 35.3 Å². The molecular formula is C14H11Cl2NO4S. The molecule has 0 unspecified atom stereocenters. The van der Waals surface area contributed by atoms with E-state index in [1.165, 1.54) is 24.3 Å². The summed E-state index contributed by atoms with van der Waals surface area (Å²) in [5.74, 6) is 0.921. The van der Waals surface area contributed by atoms with Crippen molar-refractivity contribution in [3.63, 3.8) is 0 Å². The Morgan fingerprint density at radius 1 is 0.955 bits per heavy atom. The number of rotatable bonds is 3. The van der Waals surface area contributed by atoms with Gasteiger partial charge in [-0.2, -0.15) is 0 Å². The first-order valence-corrected chi connectivity index (χ1v) is 8.58. The van der Waals surface area contributed by atoms with Gasteiger partial charge in [0, 0.05) is 12.1 Å². The molecule has 3 rings (SSSR count). The Labute approximate surface area is 137 Å². The average molecular weight is 360 g/mol. The van der Waals surface area contributed by atoms with Crippen LogP contribution in [-0.4, -0.2) is 21.6 Å². The quantitative estimate of drug-likeness (QED) is 0.909. The minimum Gasteiger partial charge on any atom is -0.486 e. The van der Waals surface area contributed by atoms with Crippen LogP contribution in [0.5, 0.6) is 11.5 Å². The third-order valence-corrected chi connectivity index (χ3v) is 5.18. The molecule has 2 aromatic rings. The SMILES string of the molecule is O=S(=O)(Nc1cc2c(cc1Cl)OCCO2)c1ccccc1Cl. The molecule has 0 fully saturated rings. The highest BCUT2D eigenvalue weighted by Gasteiger charge is 2.21. The zero-order valence-corrected chi connectivity index (χ0v) is 13.5. The monoisotopic (exact) mass is 359 g/mol. The molecule has 8 heteroatoms. The number of benzene rings is 2. The minimum atomic E-state index is -3.86. The first-order chi connectivity index (χ1) is 10.5. The van der Waals surface area contributed by atoms with Gasteiger partial charge in [-0.15, -0.1) is 0 Å². The summed E-state index contributed by atoms with van der Waals surface area (Å²) in [7, 11) is -3.86. The van der Waals surface area contributed by atoms with Gasteiger partial charge in [-0.05, 0) is 12.1 Å². The molecule has 0 saturated carbocycles. The van der Waals surface area contributed by atoms with E-state index in [9.17, 15) is 8.42 Å².